The molecular formula is C14H10BrClN2O2S. The van der Waals surface area contributed by atoms with Gasteiger partial charge in [0.2, 0.25) is 0 Å². The van der Waals surface area contributed by atoms with Gasteiger partial charge in [-0.25, -0.2) is 4.79 Å². The van der Waals surface area contributed by atoms with Crippen molar-refractivity contribution in [2.75, 3.05) is 0 Å². The maximum Gasteiger partial charge on any atom is 0.331 e. The van der Waals surface area contributed by atoms with Crippen LogP contribution in [0.1, 0.15) is 5.56 Å². The van der Waals surface area contributed by atoms with Crippen LogP contribution in [0.15, 0.2) is 43.8 Å². The zero-order valence-electron chi connectivity index (χ0n) is 11.0. The predicted molar refractivity (Wildman–Crippen MR) is 89.6 cm³/mol. The summed E-state index contributed by atoms with van der Waals surface area (Å²) in [5.74, 6) is 0. The third-order valence-electron chi connectivity index (χ3n) is 3.25. The first-order chi connectivity index (χ1) is 9.99. The Morgan fingerprint density at radius 1 is 1.33 bits per heavy atom. The van der Waals surface area contributed by atoms with E-state index in [1.807, 2.05) is 23.6 Å². The van der Waals surface area contributed by atoms with Gasteiger partial charge in [-0.1, -0.05) is 23.7 Å². The molecule has 0 atom stereocenters. The summed E-state index contributed by atoms with van der Waals surface area (Å²) in [6, 6.07) is 5.64. The first-order valence-electron chi connectivity index (χ1n) is 6.09. The monoisotopic (exact) mass is 384 g/mol. The highest BCUT2D eigenvalue weighted by Gasteiger charge is 2.12. The van der Waals surface area contributed by atoms with Crippen LogP contribution in [0.4, 0.5) is 0 Å². The zero-order chi connectivity index (χ0) is 15.1. The summed E-state index contributed by atoms with van der Waals surface area (Å²) < 4.78 is 3.93. The number of fused-ring (bicyclic) bond motifs is 1. The molecular weight excluding hydrogens is 376 g/mol. The highest BCUT2D eigenvalue weighted by Crippen LogP contribution is 2.32. The van der Waals surface area contributed by atoms with Gasteiger partial charge in [-0.2, -0.15) is 0 Å². The fourth-order valence-electron chi connectivity index (χ4n) is 2.19. The lowest BCUT2D eigenvalue weighted by Crippen LogP contribution is -2.39. The molecule has 0 saturated carbocycles. The van der Waals surface area contributed by atoms with Crippen molar-refractivity contribution in [3.8, 4) is 0 Å². The molecule has 2 aromatic heterocycles. The number of halogens is 2. The molecule has 0 bridgehead atoms. The van der Waals surface area contributed by atoms with E-state index in [4.69, 9.17) is 11.6 Å². The molecule has 0 N–H and O–H groups in total. The molecule has 108 valence electrons. The van der Waals surface area contributed by atoms with Crippen molar-refractivity contribution < 1.29 is 0 Å². The highest BCUT2D eigenvalue weighted by atomic mass is 79.9. The molecule has 0 fully saturated rings. The van der Waals surface area contributed by atoms with Crippen molar-refractivity contribution in [2.45, 2.75) is 6.54 Å². The summed E-state index contributed by atoms with van der Waals surface area (Å²) in [6.07, 6.45) is 1.48. The standard InChI is InChI=1S/C14H10BrClN2O2S/c1-17-6-10(15)13(19)18(14(17)20)5-8-7-21-12-9(8)3-2-4-11(12)16/h2-4,6-7H,5H2,1H3. The Morgan fingerprint density at radius 2 is 2.10 bits per heavy atom. The summed E-state index contributed by atoms with van der Waals surface area (Å²) in [7, 11) is 1.62. The summed E-state index contributed by atoms with van der Waals surface area (Å²) in [4.78, 5) is 24.3. The molecule has 0 unspecified atom stereocenters. The summed E-state index contributed by atoms with van der Waals surface area (Å²) in [5, 5.41) is 3.59. The average molecular weight is 386 g/mol. The fraction of sp³-hybridized carbons (Fsp3) is 0.143. The number of rotatable bonds is 2. The zero-order valence-corrected chi connectivity index (χ0v) is 14.1. The third-order valence-corrected chi connectivity index (χ3v) is 5.30. The lowest BCUT2D eigenvalue weighted by atomic mass is 10.2. The van der Waals surface area contributed by atoms with E-state index in [-0.39, 0.29) is 17.8 Å². The van der Waals surface area contributed by atoms with Gasteiger partial charge in [-0.05, 0) is 38.3 Å². The lowest BCUT2D eigenvalue weighted by Gasteiger charge is -2.07. The second kappa shape index (κ2) is 5.44. The Labute approximate surface area is 137 Å². The van der Waals surface area contributed by atoms with E-state index >= 15 is 0 Å². The van der Waals surface area contributed by atoms with Crippen molar-refractivity contribution in [2.24, 2.45) is 7.05 Å². The number of hydrogen-bond acceptors (Lipinski definition) is 3. The molecule has 0 aliphatic heterocycles. The molecule has 0 saturated heterocycles. The Kier molecular flexibility index (Phi) is 3.77. The van der Waals surface area contributed by atoms with E-state index in [0.29, 0.717) is 9.50 Å². The van der Waals surface area contributed by atoms with Crippen LogP contribution < -0.4 is 11.2 Å². The number of nitrogens with zero attached hydrogens (tertiary/aromatic N) is 2. The molecule has 7 heteroatoms. The van der Waals surface area contributed by atoms with Crippen LogP contribution >= 0.6 is 38.9 Å². The van der Waals surface area contributed by atoms with Gasteiger partial charge >= 0.3 is 5.69 Å². The van der Waals surface area contributed by atoms with Crippen LogP contribution in [-0.4, -0.2) is 9.13 Å². The van der Waals surface area contributed by atoms with E-state index in [2.05, 4.69) is 15.9 Å². The predicted octanol–water partition coefficient (Wildman–Crippen LogP) is 3.23. The van der Waals surface area contributed by atoms with Gasteiger partial charge in [0.15, 0.2) is 0 Å². The average Bonchev–Trinajstić information content (AvgIpc) is 2.86. The van der Waals surface area contributed by atoms with Gasteiger partial charge in [-0.15, -0.1) is 11.3 Å². The van der Waals surface area contributed by atoms with Gasteiger partial charge in [0.1, 0.15) is 0 Å². The molecule has 2 heterocycles. The summed E-state index contributed by atoms with van der Waals surface area (Å²) in [6.45, 7) is 0.227. The minimum absolute atomic E-state index is 0.227. The molecule has 4 nitrogen and oxygen atoms in total. The fourth-order valence-corrected chi connectivity index (χ4v) is 3.99. The van der Waals surface area contributed by atoms with Gasteiger partial charge in [-0.3, -0.25) is 9.36 Å². The molecule has 0 spiro atoms. The molecule has 3 aromatic rings. The molecule has 21 heavy (non-hydrogen) atoms. The van der Waals surface area contributed by atoms with Crippen LogP contribution in [0.5, 0.6) is 0 Å². The summed E-state index contributed by atoms with van der Waals surface area (Å²) in [5.41, 5.74) is 0.235. The van der Waals surface area contributed by atoms with E-state index in [1.54, 1.807) is 7.05 Å². The van der Waals surface area contributed by atoms with Crippen LogP contribution in [0.25, 0.3) is 10.1 Å². The smallest absolute Gasteiger partial charge is 0.302 e. The number of thiophene rings is 1. The van der Waals surface area contributed by atoms with Crippen LogP contribution in [0.3, 0.4) is 0 Å². The lowest BCUT2D eigenvalue weighted by molar-refractivity contribution is 0.637. The number of aromatic nitrogens is 2. The third kappa shape index (κ3) is 2.47. The molecule has 0 radical (unpaired) electrons. The first-order valence-corrected chi connectivity index (χ1v) is 8.14. The largest absolute Gasteiger partial charge is 0.331 e. The SMILES string of the molecule is Cn1cc(Br)c(=O)n(Cc2csc3c(Cl)cccc23)c1=O. The minimum Gasteiger partial charge on any atom is -0.302 e. The Bertz CT molecular complexity index is 923. The topological polar surface area (TPSA) is 44.0 Å². The summed E-state index contributed by atoms with van der Waals surface area (Å²) >= 11 is 10.9. The Hall–Kier alpha value is -1.37. The van der Waals surface area contributed by atoms with Crippen LogP contribution in [0.2, 0.25) is 5.02 Å². The Morgan fingerprint density at radius 3 is 2.86 bits per heavy atom. The number of benzene rings is 1. The molecule has 1 aromatic carbocycles. The van der Waals surface area contributed by atoms with Crippen LogP contribution in [-0.2, 0) is 13.6 Å². The van der Waals surface area contributed by atoms with Crippen molar-refractivity contribution >= 4 is 49.0 Å². The molecule has 3 rings (SSSR count). The van der Waals surface area contributed by atoms with Crippen molar-refractivity contribution in [3.05, 3.63) is 65.7 Å². The normalized spacial score (nSPS) is 11.2. The minimum atomic E-state index is -0.343. The van der Waals surface area contributed by atoms with E-state index < -0.39 is 0 Å². The number of hydrogen-bond donors (Lipinski definition) is 0. The molecule has 0 aliphatic carbocycles. The maximum absolute atomic E-state index is 12.2. The van der Waals surface area contributed by atoms with E-state index in [9.17, 15) is 9.59 Å². The Balaban J connectivity index is 2.18. The molecule has 0 amide bonds. The van der Waals surface area contributed by atoms with Crippen molar-refractivity contribution in [3.63, 3.8) is 0 Å². The van der Waals surface area contributed by atoms with Gasteiger partial charge < -0.3 is 4.57 Å². The number of aryl methyl sites for hydroxylation is 1. The molecule has 0 aliphatic rings. The van der Waals surface area contributed by atoms with Crippen molar-refractivity contribution in [1.29, 1.82) is 0 Å². The highest BCUT2D eigenvalue weighted by molar-refractivity contribution is 9.10. The van der Waals surface area contributed by atoms with Crippen LogP contribution in [0, 0.1) is 0 Å². The van der Waals surface area contributed by atoms with Gasteiger partial charge in [0.25, 0.3) is 5.56 Å². The van der Waals surface area contributed by atoms with E-state index in [1.165, 1.54) is 26.7 Å². The first kappa shape index (κ1) is 14.6. The van der Waals surface area contributed by atoms with Gasteiger partial charge in [0, 0.05) is 13.2 Å². The quantitative estimate of drug-likeness (QED) is 0.680. The second-order valence-corrected chi connectivity index (χ2v) is 6.78. The van der Waals surface area contributed by atoms with Crippen molar-refractivity contribution in [1.82, 2.24) is 9.13 Å². The second-order valence-electron chi connectivity index (χ2n) is 4.64. The van der Waals surface area contributed by atoms with E-state index in [0.717, 1.165) is 15.6 Å². The maximum atomic E-state index is 12.2. The van der Waals surface area contributed by atoms with Gasteiger partial charge in [0.05, 0.1) is 20.7 Å².